The van der Waals surface area contributed by atoms with E-state index in [0.29, 0.717) is 239 Å². The third-order valence-electron chi connectivity index (χ3n) is 23.6. The molecule has 8 fully saturated rings. The topological polar surface area (TPSA) is 389 Å². The number of benzene rings is 3. The summed E-state index contributed by atoms with van der Waals surface area (Å²) in [4.78, 5) is 104. The fourth-order valence-electron chi connectivity index (χ4n) is 13.8. The van der Waals surface area contributed by atoms with Crippen LogP contribution >= 0.6 is 89.9 Å². The smallest absolute Gasteiger partial charge is 0.495 e. The minimum atomic E-state index is -0.641. The van der Waals surface area contributed by atoms with Gasteiger partial charge >= 0.3 is 21.1 Å². The number of hydrogen-bond acceptors (Lipinski definition) is 30. The second kappa shape index (κ2) is 51.3. The number of primary amides is 2. The van der Waals surface area contributed by atoms with Gasteiger partial charge in [-0.05, 0) is 210 Å². The highest BCUT2D eigenvalue weighted by Gasteiger charge is 2.64. The first-order chi connectivity index (χ1) is 67.0. The number of amides is 2. The quantitative estimate of drug-likeness (QED) is 0.0350. The van der Waals surface area contributed by atoms with Crippen LogP contribution in [0.5, 0.6) is 29.0 Å². The number of carbonyl (C=O) groups excluding carboxylic acids is 5. The Morgan fingerprint density at radius 2 is 0.660 bits per heavy atom. The maximum absolute atomic E-state index is 11.8. The van der Waals surface area contributed by atoms with Crippen molar-refractivity contribution in [1.82, 2.24) is 29.9 Å². The summed E-state index contributed by atoms with van der Waals surface area (Å²) < 4.78 is 75.6. The Labute approximate surface area is 861 Å². The highest BCUT2D eigenvalue weighted by atomic mass is 79.9. The number of phenolic OH excluding ortho intramolecular Hbond substituents is 1. The van der Waals surface area contributed by atoms with Crippen LogP contribution in [0, 0.1) is 26.3 Å². The highest BCUT2D eigenvalue weighted by molar-refractivity contribution is 9.10. The second-order valence-corrected chi connectivity index (χ2v) is 38.3. The molecule has 0 radical (unpaired) electrons. The summed E-state index contributed by atoms with van der Waals surface area (Å²) >= 11 is 34.9. The molecule has 6 aromatic heterocycles. The van der Waals surface area contributed by atoms with Crippen LogP contribution in [0.25, 0.3) is 19.4 Å². The van der Waals surface area contributed by atoms with Crippen molar-refractivity contribution in [2.45, 2.75) is 117 Å². The number of nitrogens with zero attached hydrogens (tertiary/aromatic N) is 15. The Bertz CT molecular complexity index is 5920. The number of ether oxygens (including phenoxy) is 7. The van der Waals surface area contributed by atoms with Crippen molar-refractivity contribution in [2.24, 2.45) is 11.5 Å². The van der Waals surface area contributed by atoms with Crippen LogP contribution in [0.4, 0.5) is 51.8 Å². The van der Waals surface area contributed by atoms with Gasteiger partial charge in [0.1, 0.15) is 78.4 Å². The van der Waals surface area contributed by atoms with Crippen LogP contribution in [0.2, 0.25) is 25.8 Å². The Kier molecular flexibility index (Phi) is 40.8. The van der Waals surface area contributed by atoms with E-state index >= 15 is 0 Å². The molecule has 3 aromatic carbocycles. The van der Waals surface area contributed by atoms with Crippen molar-refractivity contribution >= 4 is 199 Å². The Balaban J connectivity index is 0.000000170. The number of morpholine rings is 5. The first kappa shape index (κ1) is 112. The summed E-state index contributed by atoms with van der Waals surface area (Å²) in [5.74, 6) is 3.74. The zero-order valence-corrected chi connectivity index (χ0v) is 86.5. The van der Waals surface area contributed by atoms with Gasteiger partial charge in [-0.25, -0.2) is 49.3 Å². The maximum Gasteiger partial charge on any atom is 0.495 e. The van der Waals surface area contributed by atoms with Crippen LogP contribution in [-0.2, 0) is 51.6 Å². The van der Waals surface area contributed by atoms with Gasteiger partial charge < -0.3 is 102 Å². The summed E-state index contributed by atoms with van der Waals surface area (Å²) in [5.41, 5.74) is 12.4. The summed E-state index contributed by atoms with van der Waals surface area (Å²) in [6.07, 6.45) is 2.21. The van der Waals surface area contributed by atoms with Gasteiger partial charge in [0.25, 0.3) is 11.8 Å². The molecule has 742 valence electrons. The van der Waals surface area contributed by atoms with Gasteiger partial charge in [0, 0.05) is 91.1 Å². The van der Waals surface area contributed by atoms with E-state index in [0.717, 1.165) is 38.8 Å². The van der Waals surface area contributed by atoms with E-state index in [1.54, 1.807) is 103 Å². The average Bonchev–Trinajstić information content (AvgIpc) is 1.59. The highest BCUT2D eigenvalue weighted by Crippen LogP contribution is 2.45. The van der Waals surface area contributed by atoms with Crippen molar-refractivity contribution < 1.29 is 90.2 Å². The Morgan fingerprint density at radius 1 is 0.376 bits per heavy atom. The molecule has 9 aromatic rings. The average molecular weight is 2160 g/mol. The van der Waals surface area contributed by atoms with Crippen LogP contribution in [0.15, 0.2) is 136 Å². The van der Waals surface area contributed by atoms with Gasteiger partial charge in [-0.1, -0.05) is 95.9 Å². The Hall–Kier alpha value is -11.0. The summed E-state index contributed by atoms with van der Waals surface area (Å²) in [5, 5.41) is 10.4. The molecule has 36 nitrogen and oxygen atoms in total. The monoisotopic (exact) mass is 2150 g/mol. The molecule has 14 heterocycles. The number of hydrogen-bond donors (Lipinski definition) is 3. The van der Waals surface area contributed by atoms with Crippen molar-refractivity contribution in [2.75, 3.05) is 156 Å². The van der Waals surface area contributed by atoms with Gasteiger partial charge in [0.15, 0.2) is 12.6 Å². The molecule has 0 saturated carbocycles. The van der Waals surface area contributed by atoms with E-state index < -0.39 is 44.2 Å². The molecule has 0 atom stereocenters. The number of aldehydes is 3. The lowest BCUT2D eigenvalue weighted by Gasteiger charge is -2.32. The minimum Gasteiger partial charge on any atom is -0.508 e. The number of pyridine rings is 6. The molecule has 0 aliphatic carbocycles. The van der Waals surface area contributed by atoms with Crippen LogP contribution in [-0.4, -0.2) is 252 Å². The van der Waals surface area contributed by atoms with Crippen LogP contribution in [0.3, 0.4) is 0 Å². The van der Waals surface area contributed by atoms with E-state index in [9.17, 15) is 24.0 Å². The summed E-state index contributed by atoms with van der Waals surface area (Å²) in [6, 6.07) is 34.3. The predicted octanol–water partition coefficient (Wildman–Crippen LogP) is 17.8. The predicted molar refractivity (Wildman–Crippen MR) is 548 cm³/mol. The zero-order valence-electron chi connectivity index (χ0n) is 79.5. The molecule has 8 saturated heterocycles. The number of phenols is 1. The number of halogens is 7. The van der Waals surface area contributed by atoms with Gasteiger partial charge in [-0.15, -0.1) is 0 Å². The van der Waals surface area contributed by atoms with Crippen LogP contribution < -0.4 is 50.9 Å². The Morgan fingerprint density at radius 3 is 0.993 bits per heavy atom. The SMILES string of the molecule is CC1(C)OB(B2OC(C)(C)C(C)(C)O2)OC1(C)C.NC(=O)c1ccc(Cl)nc1Cl.NC(=O)c1ccc(Cl)nc1N1CCOCC1.O=Cc1cc(O)ccc1Br.[C-]#[N+]c1ccc(Cl)nc1N1CCOCC1.[C-]#[N+]c1ccc(Cl)nc1N1CCOCC1.[C-]#[N+]c1ccc(Oc2ccc(B3OC(C)(C)C(C)(C)O3)c(C=O)c2)nc1N1CCOCC1.[C-]#[N+]c1ccc(Oc2ccc(Br)c(C=O)c2)nc1N1CCOCC1. The molecule has 2 amide bonds. The fourth-order valence-corrected chi connectivity index (χ4v) is 15.4. The third kappa shape index (κ3) is 30.6. The lowest BCUT2D eigenvalue weighted by molar-refractivity contribution is 0.00578. The van der Waals surface area contributed by atoms with Crippen LogP contribution in [0.1, 0.15) is 135 Å². The number of anilines is 5. The van der Waals surface area contributed by atoms with Gasteiger partial charge in [0.05, 0.1) is 137 Å². The van der Waals surface area contributed by atoms with Gasteiger partial charge in [0.2, 0.25) is 34.5 Å². The lowest BCUT2D eigenvalue weighted by Crippen LogP contribution is -2.41. The molecule has 17 rings (SSSR count). The van der Waals surface area contributed by atoms with Gasteiger partial charge in [-0.2, -0.15) is 0 Å². The molecule has 8 aliphatic heterocycles. The second-order valence-electron chi connectivity index (χ2n) is 34.7. The maximum atomic E-state index is 11.8. The van der Waals surface area contributed by atoms with E-state index in [2.05, 4.69) is 81.1 Å². The zero-order chi connectivity index (χ0) is 103. The largest absolute Gasteiger partial charge is 0.508 e. The van der Waals surface area contributed by atoms with Crippen molar-refractivity contribution in [1.29, 1.82) is 0 Å². The standard InChI is InChI=1S/C23H26BN3O5.C17H14BrN3O3.C12H24B2O4.C10H12ClN3O2.2C10H10ClN3O.C7H5BrO2.C6H4Cl2N2O/c1-22(2)23(3,4)32-24(31-22)18-7-6-17(14-16(18)15-28)30-20-9-8-19(25-5)21(26-20)27-10-12-29-13-11-27;1-19-15-4-5-16(20-17(15)21-6-8-23-9-7-21)24-13-2-3-14(18)12(10-13)11-22;1-9(2)10(3,4)16-13(15-9)14-17-11(5,6)12(7,8)18-14;11-8-2-1-7(9(12)15)10(13-8)14-3-5-16-6-4-14;2*1-12-8-2-3-9(11)13-10(8)14-4-6-15-7-5-14;8-7-2-1-6(10)3-5(7)4-9;7-4-2-1-3(6(9)11)5(8)10-4/h6-9,14-15H,10-13H2,1-4H3;2-5,10-11H,6-9H2;1-8H3;1-2H,3-6H2,(H2,12,15);2*2-3H,4-7H2;1-4,10H;1-2H,(H2,9,11). The molecule has 0 unspecified atom stereocenters. The first-order valence-corrected chi connectivity index (χ1v) is 47.7. The number of rotatable bonds is 16. The molecular weight excluding hydrogens is 2050 g/mol. The van der Waals surface area contributed by atoms with E-state index in [-0.39, 0.29) is 44.0 Å². The number of aromatic hydroxyl groups is 1. The minimum absolute atomic E-state index is 0.0324. The van der Waals surface area contributed by atoms with E-state index in [4.69, 9.17) is 162 Å². The summed E-state index contributed by atoms with van der Waals surface area (Å²) in [7, 11) is -1.59. The van der Waals surface area contributed by atoms with E-state index in [1.807, 2.05) is 108 Å². The van der Waals surface area contributed by atoms with Crippen molar-refractivity contribution in [3.63, 3.8) is 0 Å². The third-order valence-corrected chi connectivity index (χ3v) is 26.2. The molecule has 141 heavy (non-hydrogen) atoms. The van der Waals surface area contributed by atoms with Gasteiger partial charge in [-0.3, -0.25) is 24.0 Å². The first-order valence-electron chi connectivity index (χ1n) is 44.3. The van der Waals surface area contributed by atoms with E-state index in [1.165, 1.54) is 24.3 Å². The normalized spacial score (nSPS) is 17.6. The molecule has 8 aliphatic rings. The molecule has 46 heteroatoms. The van der Waals surface area contributed by atoms with Crippen molar-refractivity contribution in [3.05, 3.63) is 236 Å². The molecule has 0 bridgehead atoms. The number of aromatic nitrogens is 6. The number of nitrogens with two attached hydrogens (primary N) is 2. The van der Waals surface area contributed by atoms with Crippen molar-refractivity contribution in [3.8, 4) is 29.0 Å². The fraction of sp³-hybridized carbons (Fsp3) is 0.400. The molecule has 0 spiro atoms. The molecule has 5 N–H and O–H groups in total. The number of carbonyl (C=O) groups is 5. The molecular formula is C95H105B3Br2Cl5N17O19. The lowest BCUT2D eigenvalue weighted by atomic mass is 9.49. The summed E-state index contributed by atoms with van der Waals surface area (Å²) in [6.45, 7) is 66.4.